The van der Waals surface area contributed by atoms with Crippen molar-refractivity contribution in [2.24, 2.45) is 5.10 Å². The minimum Gasteiger partial charge on any atom is -0.490 e. The number of ether oxygens (including phenoxy) is 2. The van der Waals surface area contributed by atoms with Crippen LogP contribution in [0.2, 0.25) is 10.0 Å². The van der Waals surface area contributed by atoms with E-state index in [-0.39, 0.29) is 11.4 Å². The Bertz CT molecular complexity index is 2020. The van der Waals surface area contributed by atoms with Crippen molar-refractivity contribution >= 4 is 67.2 Å². The summed E-state index contributed by atoms with van der Waals surface area (Å²) in [6.45, 7) is 2.58. The standard InChI is InChI=1S/C32H22BrCl2N3O4/c1-2-40-26-16-21(28(33)29(35)30(26)41-18-19-8-4-3-5-9-19)17-36-38-31(37-24-11-7-6-10-23(24)32(38)39)27-15-20-14-22(34)12-13-25(20)42-27/h3-17H,2,18H2,1H3. The predicted octanol–water partition coefficient (Wildman–Crippen LogP) is 8.74. The van der Waals surface area contributed by atoms with E-state index in [4.69, 9.17) is 42.1 Å². The normalized spacial score (nSPS) is 11.5. The van der Waals surface area contributed by atoms with Gasteiger partial charge < -0.3 is 13.9 Å². The van der Waals surface area contributed by atoms with Crippen LogP contribution >= 0.6 is 39.1 Å². The van der Waals surface area contributed by atoms with Gasteiger partial charge in [0.05, 0.1) is 23.7 Å². The highest BCUT2D eigenvalue weighted by molar-refractivity contribution is 9.10. The van der Waals surface area contributed by atoms with E-state index in [1.54, 1.807) is 48.5 Å². The molecule has 6 aromatic rings. The van der Waals surface area contributed by atoms with Crippen molar-refractivity contribution in [3.05, 3.63) is 121 Å². The molecule has 0 spiro atoms. The molecule has 6 rings (SSSR count). The van der Waals surface area contributed by atoms with Crippen LogP contribution in [0.3, 0.4) is 0 Å². The molecule has 0 bridgehead atoms. The number of fused-ring (bicyclic) bond motifs is 2. The molecule has 0 atom stereocenters. The Morgan fingerprint density at radius 2 is 1.79 bits per heavy atom. The molecule has 4 aromatic carbocycles. The molecular formula is C32H22BrCl2N3O4. The molecule has 0 N–H and O–H groups in total. The Labute approximate surface area is 259 Å². The Morgan fingerprint density at radius 1 is 1.00 bits per heavy atom. The van der Waals surface area contributed by atoms with E-state index in [0.717, 1.165) is 10.9 Å². The number of nitrogens with zero attached hydrogens (tertiary/aromatic N) is 3. The van der Waals surface area contributed by atoms with Crippen LogP contribution in [-0.4, -0.2) is 22.5 Å². The second-order valence-electron chi connectivity index (χ2n) is 9.24. The summed E-state index contributed by atoms with van der Waals surface area (Å²) in [6, 6.07) is 25.7. The number of hydrogen-bond acceptors (Lipinski definition) is 6. The molecule has 0 radical (unpaired) electrons. The summed E-state index contributed by atoms with van der Waals surface area (Å²) >= 11 is 16.5. The second-order valence-corrected chi connectivity index (χ2v) is 10.8. The van der Waals surface area contributed by atoms with Gasteiger partial charge in [-0.3, -0.25) is 4.79 Å². The van der Waals surface area contributed by atoms with Gasteiger partial charge in [-0.1, -0.05) is 65.7 Å². The average Bonchev–Trinajstić information content (AvgIpc) is 3.42. The molecule has 7 nitrogen and oxygen atoms in total. The zero-order chi connectivity index (χ0) is 29.2. The zero-order valence-corrected chi connectivity index (χ0v) is 25.3. The molecule has 0 saturated carbocycles. The highest BCUT2D eigenvalue weighted by Gasteiger charge is 2.19. The van der Waals surface area contributed by atoms with Crippen LogP contribution in [0.4, 0.5) is 0 Å². The monoisotopic (exact) mass is 661 g/mol. The maximum absolute atomic E-state index is 13.7. The van der Waals surface area contributed by atoms with Crippen molar-refractivity contribution < 1.29 is 13.9 Å². The minimum absolute atomic E-state index is 0.234. The van der Waals surface area contributed by atoms with Gasteiger partial charge in [-0.15, -0.1) is 0 Å². The van der Waals surface area contributed by atoms with Crippen LogP contribution in [0.15, 0.2) is 104 Å². The lowest BCUT2D eigenvalue weighted by Crippen LogP contribution is -2.20. The second kappa shape index (κ2) is 12.0. The molecule has 2 heterocycles. The summed E-state index contributed by atoms with van der Waals surface area (Å²) in [4.78, 5) is 18.4. The number of aromatic nitrogens is 2. The van der Waals surface area contributed by atoms with Crippen molar-refractivity contribution in [2.45, 2.75) is 13.5 Å². The maximum Gasteiger partial charge on any atom is 0.282 e. The summed E-state index contributed by atoms with van der Waals surface area (Å²) in [5.41, 5.74) is 2.32. The molecule has 0 aliphatic heterocycles. The molecule has 10 heteroatoms. The van der Waals surface area contributed by atoms with Crippen LogP contribution in [0.25, 0.3) is 33.5 Å². The molecule has 0 saturated heterocycles. The number of benzene rings is 4. The van der Waals surface area contributed by atoms with Gasteiger partial charge in [0, 0.05) is 20.4 Å². The SMILES string of the molecule is CCOc1cc(C=Nn2c(-c3cc4cc(Cl)ccc4o3)nc3ccccc3c2=O)c(Br)c(Cl)c1OCc1ccccc1. The van der Waals surface area contributed by atoms with E-state index in [1.165, 1.54) is 10.9 Å². The van der Waals surface area contributed by atoms with Crippen LogP contribution in [0.1, 0.15) is 18.1 Å². The van der Waals surface area contributed by atoms with E-state index in [0.29, 0.717) is 67.0 Å². The van der Waals surface area contributed by atoms with E-state index >= 15 is 0 Å². The summed E-state index contributed by atoms with van der Waals surface area (Å²) in [7, 11) is 0. The van der Waals surface area contributed by atoms with Crippen LogP contribution in [0, 0.1) is 0 Å². The highest BCUT2D eigenvalue weighted by Crippen LogP contribution is 2.42. The Balaban J connectivity index is 1.45. The van der Waals surface area contributed by atoms with Crippen LogP contribution in [0.5, 0.6) is 11.5 Å². The molecular weight excluding hydrogens is 641 g/mol. The van der Waals surface area contributed by atoms with Gasteiger partial charge >= 0.3 is 0 Å². The highest BCUT2D eigenvalue weighted by atomic mass is 79.9. The molecule has 0 unspecified atom stereocenters. The largest absolute Gasteiger partial charge is 0.490 e. The summed E-state index contributed by atoms with van der Waals surface area (Å²) in [5.74, 6) is 1.44. The van der Waals surface area contributed by atoms with Crippen LogP contribution < -0.4 is 15.0 Å². The minimum atomic E-state index is -0.361. The number of halogens is 3. The number of hydrogen-bond donors (Lipinski definition) is 0. The van der Waals surface area contributed by atoms with E-state index in [2.05, 4.69) is 21.0 Å². The van der Waals surface area contributed by atoms with Gasteiger partial charge in [-0.2, -0.15) is 9.78 Å². The number of rotatable bonds is 8. The van der Waals surface area contributed by atoms with Gasteiger partial charge in [0.2, 0.25) is 5.82 Å². The average molecular weight is 663 g/mol. The first-order valence-corrected chi connectivity index (χ1v) is 14.5. The third kappa shape index (κ3) is 5.53. The fraction of sp³-hybridized carbons (Fsp3) is 0.0938. The summed E-state index contributed by atoms with van der Waals surface area (Å²) in [6.07, 6.45) is 1.51. The fourth-order valence-electron chi connectivity index (χ4n) is 4.46. The third-order valence-electron chi connectivity index (χ3n) is 6.45. The van der Waals surface area contributed by atoms with E-state index < -0.39 is 0 Å². The first-order chi connectivity index (χ1) is 20.4. The molecule has 0 fully saturated rings. The van der Waals surface area contributed by atoms with Gasteiger partial charge in [0.15, 0.2) is 17.3 Å². The van der Waals surface area contributed by atoms with Gasteiger partial charge in [0.25, 0.3) is 5.56 Å². The Hall–Kier alpha value is -4.11. The van der Waals surface area contributed by atoms with Crippen molar-refractivity contribution in [1.82, 2.24) is 9.66 Å². The topological polar surface area (TPSA) is 78.9 Å². The molecule has 2 aromatic heterocycles. The smallest absolute Gasteiger partial charge is 0.282 e. The summed E-state index contributed by atoms with van der Waals surface area (Å²) in [5, 5.41) is 6.63. The molecule has 0 aliphatic carbocycles. The van der Waals surface area contributed by atoms with E-state index in [9.17, 15) is 4.79 Å². The molecule has 42 heavy (non-hydrogen) atoms. The quantitative estimate of drug-likeness (QED) is 0.152. The number of para-hydroxylation sites is 1. The first-order valence-electron chi connectivity index (χ1n) is 13.0. The lowest BCUT2D eigenvalue weighted by molar-refractivity contribution is 0.269. The summed E-state index contributed by atoms with van der Waals surface area (Å²) < 4.78 is 19.7. The number of furan rings is 1. The fourth-order valence-corrected chi connectivity index (χ4v) is 5.29. The zero-order valence-electron chi connectivity index (χ0n) is 22.2. The maximum atomic E-state index is 13.7. The van der Waals surface area contributed by atoms with Crippen molar-refractivity contribution in [3.8, 4) is 23.1 Å². The molecule has 0 amide bonds. The lowest BCUT2D eigenvalue weighted by atomic mass is 10.2. The van der Waals surface area contributed by atoms with Gasteiger partial charge in [-0.05, 0) is 70.9 Å². The van der Waals surface area contributed by atoms with Gasteiger partial charge in [0.1, 0.15) is 17.2 Å². The predicted molar refractivity (Wildman–Crippen MR) is 170 cm³/mol. The Morgan fingerprint density at radius 3 is 2.60 bits per heavy atom. The van der Waals surface area contributed by atoms with Crippen molar-refractivity contribution in [1.29, 1.82) is 0 Å². The van der Waals surface area contributed by atoms with Crippen molar-refractivity contribution in [2.75, 3.05) is 6.61 Å². The third-order valence-corrected chi connectivity index (χ3v) is 8.12. The Kier molecular flexibility index (Phi) is 8.02. The lowest BCUT2D eigenvalue weighted by Gasteiger charge is -2.16. The van der Waals surface area contributed by atoms with Crippen LogP contribution in [-0.2, 0) is 6.61 Å². The van der Waals surface area contributed by atoms with Gasteiger partial charge in [-0.25, -0.2) is 4.98 Å². The van der Waals surface area contributed by atoms with Crippen molar-refractivity contribution in [3.63, 3.8) is 0 Å². The molecule has 0 aliphatic rings. The molecule has 210 valence electrons. The first kappa shape index (κ1) is 28.0. The van der Waals surface area contributed by atoms with E-state index in [1.807, 2.05) is 43.3 Å².